The second-order valence-corrected chi connectivity index (χ2v) is 5.09. The van der Waals surface area contributed by atoms with Crippen LogP contribution in [0, 0.1) is 0 Å². The summed E-state index contributed by atoms with van der Waals surface area (Å²) in [6.45, 7) is 1.44. The second kappa shape index (κ2) is 7.79. The van der Waals surface area contributed by atoms with Crippen LogP contribution in [-0.4, -0.2) is 28.1 Å². The molecular weight excluding hydrogens is 233 g/mol. The monoisotopic (exact) mass is 253 g/mol. The molecule has 96 valence electrons. The molecule has 0 aromatic rings. The number of ether oxygens (including phenoxy) is 1. The minimum atomic E-state index is -4.63. The van der Waals surface area contributed by atoms with Gasteiger partial charge in [-0.05, 0) is 19.8 Å². The standard InChI is InChI=1S/C6H13N.C3H7O5P/c7-6-4-2-1-3-5-6;1-2-8-3(4)9(5,6)7/h6H,1-5,7H2;2H2,1H3,(H2,5,6,7). The number of nitrogens with two attached hydrogens (primary N) is 1. The fraction of sp³-hybridized carbons (Fsp3) is 0.889. The first-order valence-electron chi connectivity index (χ1n) is 5.36. The lowest BCUT2D eigenvalue weighted by Crippen LogP contribution is -2.22. The molecule has 0 amide bonds. The van der Waals surface area contributed by atoms with Crippen molar-refractivity contribution in [3.8, 4) is 0 Å². The van der Waals surface area contributed by atoms with Gasteiger partial charge in [0, 0.05) is 6.04 Å². The first-order valence-corrected chi connectivity index (χ1v) is 6.97. The second-order valence-electron chi connectivity index (χ2n) is 3.64. The predicted molar refractivity (Wildman–Crippen MR) is 60.1 cm³/mol. The zero-order chi connectivity index (χ0) is 12.6. The third-order valence-electron chi connectivity index (χ3n) is 2.16. The Labute approximate surface area is 95.3 Å². The van der Waals surface area contributed by atoms with Gasteiger partial charge in [-0.2, -0.15) is 0 Å². The molecular formula is C9H20NO5P. The molecule has 1 fully saturated rings. The highest BCUT2D eigenvalue weighted by atomic mass is 31.2. The van der Waals surface area contributed by atoms with Gasteiger partial charge < -0.3 is 20.3 Å². The molecule has 0 heterocycles. The lowest BCUT2D eigenvalue weighted by molar-refractivity contribution is 0.169. The minimum absolute atomic E-state index is 0.0239. The Balaban J connectivity index is 0.000000288. The SMILES string of the molecule is CCOC(=O)P(=O)(O)O.NC1CCCCC1. The first kappa shape index (κ1) is 15.6. The van der Waals surface area contributed by atoms with E-state index in [0.29, 0.717) is 6.04 Å². The molecule has 0 radical (unpaired) electrons. The highest BCUT2D eigenvalue weighted by Crippen LogP contribution is 2.36. The molecule has 1 aliphatic carbocycles. The quantitative estimate of drug-likeness (QED) is 0.645. The molecule has 0 aromatic heterocycles. The first-order chi connectivity index (χ1) is 7.38. The van der Waals surface area contributed by atoms with Crippen LogP contribution in [0.1, 0.15) is 39.0 Å². The highest BCUT2D eigenvalue weighted by Gasteiger charge is 2.26. The van der Waals surface area contributed by atoms with E-state index in [2.05, 4.69) is 4.74 Å². The van der Waals surface area contributed by atoms with Crippen LogP contribution in [0.3, 0.4) is 0 Å². The van der Waals surface area contributed by atoms with Crippen LogP contribution in [0.15, 0.2) is 0 Å². The molecule has 4 N–H and O–H groups in total. The summed E-state index contributed by atoms with van der Waals surface area (Å²) < 4.78 is 13.9. The molecule has 0 aliphatic heterocycles. The lowest BCUT2D eigenvalue weighted by Gasteiger charge is -2.15. The van der Waals surface area contributed by atoms with Crippen molar-refractivity contribution < 1.29 is 23.9 Å². The van der Waals surface area contributed by atoms with Gasteiger partial charge in [0.2, 0.25) is 0 Å². The van der Waals surface area contributed by atoms with E-state index in [9.17, 15) is 9.36 Å². The van der Waals surface area contributed by atoms with E-state index >= 15 is 0 Å². The molecule has 0 spiro atoms. The summed E-state index contributed by atoms with van der Waals surface area (Å²) in [7, 11) is -4.63. The molecule has 6 nitrogen and oxygen atoms in total. The summed E-state index contributed by atoms with van der Waals surface area (Å²) in [5.41, 5.74) is 4.17. The lowest BCUT2D eigenvalue weighted by atomic mass is 9.97. The number of carbonyl (C=O) groups excluding carboxylic acids is 1. The Morgan fingerprint density at radius 2 is 1.88 bits per heavy atom. The maximum Gasteiger partial charge on any atom is 0.433 e. The fourth-order valence-electron chi connectivity index (χ4n) is 1.34. The molecule has 0 unspecified atom stereocenters. The van der Waals surface area contributed by atoms with Crippen molar-refractivity contribution in [1.82, 2.24) is 0 Å². The van der Waals surface area contributed by atoms with Crippen molar-refractivity contribution >= 4 is 13.3 Å². The van der Waals surface area contributed by atoms with Crippen molar-refractivity contribution in [2.75, 3.05) is 6.61 Å². The van der Waals surface area contributed by atoms with E-state index in [1.165, 1.54) is 39.0 Å². The van der Waals surface area contributed by atoms with Gasteiger partial charge in [-0.25, -0.2) is 9.36 Å². The van der Waals surface area contributed by atoms with Crippen LogP contribution >= 0.6 is 7.60 Å². The highest BCUT2D eigenvalue weighted by molar-refractivity contribution is 7.69. The Kier molecular flexibility index (Phi) is 7.58. The zero-order valence-corrected chi connectivity index (χ0v) is 10.4. The Morgan fingerprint density at radius 3 is 2.06 bits per heavy atom. The van der Waals surface area contributed by atoms with Crippen molar-refractivity contribution in [1.29, 1.82) is 0 Å². The van der Waals surface area contributed by atoms with E-state index in [1.54, 1.807) is 0 Å². The number of hydrogen-bond donors (Lipinski definition) is 3. The minimum Gasteiger partial charge on any atom is -0.457 e. The normalized spacial score (nSPS) is 17.2. The third kappa shape index (κ3) is 7.82. The summed E-state index contributed by atoms with van der Waals surface area (Å²) in [6.07, 6.45) is 6.66. The molecule has 0 bridgehead atoms. The Bertz CT molecular complexity index is 246. The molecule has 0 aromatic carbocycles. The van der Waals surface area contributed by atoms with E-state index in [0.717, 1.165) is 0 Å². The number of hydrogen-bond acceptors (Lipinski definition) is 4. The Hall–Kier alpha value is -0.420. The van der Waals surface area contributed by atoms with Crippen LogP contribution < -0.4 is 5.73 Å². The molecule has 0 atom stereocenters. The maximum atomic E-state index is 10.1. The molecule has 7 heteroatoms. The van der Waals surface area contributed by atoms with Crippen LogP contribution in [0.4, 0.5) is 4.79 Å². The van der Waals surface area contributed by atoms with Crippen molar-refractivity contribution in [3.05, 3.63) is 0 Å². The average Bonchev–Trinajstić information content (AvgIpc) is 2.19. The fourth-order valence-corrected chi connectivity index (χ4v) is 1.64. The average molecular weight is 253 g/mol. The molecule has 1 saturated carbocycles. The summed E-state index contributed by atoms with van der Waals surface area (Å²) >= 11 is 0. The van der Waals surface area contributed by atoms with Crippen LogP contribution in [0.5, 0.6) is 0 Å². The largest absolute Gasteiger partial charge is 0.457 e. The number of carbonyl (C=O) groups is 1. The molecule has 1 rings (SSSR count). The van der Waals surface area contributed by atoms with Gasteiger partial charge in [0.15, 0.2) is 0 Å². The van der Waals surface area contributed by atoms with Gasteiger partial charge in [0.05, 0.1) is 6.61 Å². The summed E-state index contributed by atoms with van der Waals surface area (Å²) in [4.78, 5) is 26.2. The van der Waals surface area contributed by atoms with Crippen LogP contribution in [0.25, 0.3) is 0 Å². The Morgan fingerprint density at radius 1 is 1.38 bits per heavy atom. The van der Waals surface area contributed by atoms with Gasteiger partial charge in [0.25, 0.3) is 0 Å². The van der Waals surface area contributed by atoms with Crippen LogP contribution in [0.2, 0.25) is 0 Å². The van der Waals surface area contributed by atoms with E-state index in [-0.39, 0.29) is 6.61 Å². The molecule has 16 heavy (non-hydrogen) atoms. The van der Waals surface area contributed by atoms with E-state index in [1.807, 2.05) is 0 Å². The van der Waals surface area contributed by atoms with E-state index in [4.69, 9.17) is 15.5 Å². The van der Waals surface area contributed by atoms with Crippen LogP contribution in [-0.2, 0) is 9.30 Å². The molecule has 1 aliphatic rings. The summed E-state index contributed by atoms with van der Waals surface area (Å²) in [5.74, 6) is 0. The molecule has 0 saturated heterocycles. The van der Waals surface area contributed by atoms with Crippen molar-refractivity contribution in [2.24, 2.45) is 5.73 Å². The van der Waals surface area contributed by atoms with Crippen molar-refractivity contribution in [3.63, 3.8) is 0 Å². The third-order valence-corrected chi connectivity index (χ3v) is 2.76. The van der Waals surface area contributed by atoms with Gasteiger partial charge in [-0.1, -0.05) is 19.3 Å². The topological polar surface area (TPSA) is 110 Å². The smallest absolute Gasteiger partial charge is 0.433 e. The van der Waals surface area contributed by atoms with Gasteiger partial charge >= 0.3 is 13.3 Å². The van der Waals surface area contributed by atoms with Gasteiger partial charge in [-0.15, -0.1) is 0 Å². The maximum absolute atomic E-state index is 10.1. The van der Waals surface area contributed by atoms with E-state index < -0.39 is 13.3 Å². The van der Waals surface area contributed by atoms with Crippen molar-refractivity contribution in [2.45, 2.75) is 45.1 Å². The summed E-state index contributed by atoms with van der Waals surface area (Å²) in [6, 6.07) is 0.536. The van der Waals surface area contributed by atoms with Gasteiger partial charge in [0.1, 0.15) is 0 Å². The number of rotatable bonds is 2. The zero-order valence-electron chi connectivity index (χ0n) is 9.46. The predicted octanol–water partition coefficient (Wildman–Crippen LogP) is 1.60. The van der Waals surface area contributed by atoms with Gasteiger partial charge in [-0.3, -0.25) is 0 Å². The summed E-state index contributed by atoms with van der Waals surface area (Å²) in [5, 5.41) is 0.